The number of likely N-dealkylation sites (N-methyl/N-ethyl adjacent to an activating group) is 1. The predicted molar refractivity (Wildman–Crippen MR) is 78.6 cm³/mol. The summed E-state index contributed by atoms with van der Waals surface area (Å²) in [5.41, 5.74) is 2.09. The van der Waals surface area contributed by atoms with Crippen LogP contribution in [0, 0.1) is 0 Å². The monoisotopic (exact) mass is 294 g/mol. The molecular weight excluding hydrogens is 272 g/mol. The summed E-state index contributed by atoms with van der Waals surface area (Å²) in [6.45, 7) is 3.90. The zero-order chi connectivity index (χ0) is 15.2. The van der Waals surface area contributed by atoms with E-state index in [9.17, 15) is 4.79 Å². The lowest BCUT2D eigenvalue weighted by atomic mass is 10.1. The Hall–Kier alpha value is -1.79. The molecule has 1 amide bonds. The van der Waals surface area contributed by atoms with Crippen LogP contribution in [0.4, 0.5) is 4.79 Å². The number of fused-ring (bicyclic) bond motifs is 1. The van der Waals surface area contributed by atoms with Gasteiger partial charge >= 0.3 is 6.09 Å². The molecular formula is C15H22N2O4. The normalized spacial score (nSPS) is 13.6. The Morgan fingerprint density at radius 1 is 1.29 bits per heavy atom. The third-order valence-corrected chi connectivity index (χ3v) is 3.59. The molecule has 0 atom stereocenters. The molecule has 0 radical (unpaired) electrons. The van der Waals surface area contributed by atoms with Gasteiger partial charge in [-0.05, 0) is 30.3 Å². The molecule has 0 aliphatic carbocycles. The van der Waals surface area contributed by atoms with E-state index in [0.29, 0.717) is 26.3 Å². The van der Waals surface area contributed by atoms with E-state index in [2.05, 4.69) is 4.90 Å². The summed E-state index contributed by atoms with van der Waals surface area (Å²) < 4.78 is 10.8. The molecule has 1 aliphatic heterocycles. The number of methoxy groups -OCH3 is 1. The van der Waals surface area contributed by atoms with Crippen LogP contribution in [0.2, 0.25) is 0 Å². The summed E-state index contributed by atoms with van der Waals surface area (Å²) >= 11 is 0. The number of carboxylic acid groups (broad SMARTS) is 1. The summed E-state index contributed by atoms with van der Waals surface area (Å²) in [7, 11) is 3.71. The maximum absolute atomic E-state index is 11.0. The van der Waals surface area contributed by atoms with Crippen LogP contribution in [0.15, 0.2) is 18.2 Å². The van der Waals surface area contributed by atoms with Crippen molar-refractivity contribution < 1.29 is 19.4 Å². The Balaban J connectivity index is 1.81. The number of nitrogens with zero attached hydrogens (tertiary/aromatic N) is 2. The van der Waals surface area contributed by atoms with Crippen LogP contribution in [-0.2, 0) is 17.8 Å². The van der Waals surface area contributed by atoms with Crippen LogP contribution in [0.5, 0.6) is 5.75 Å². The fourth-order valence-electron chi connectivity index (χ4n) is 2.27. The smallest absolute Gasteiger partial charge is 0.407 e. The Bertz CT molecular complexity index is 493. The van der Waals surface area contributed by atoms with Crippen molar-refractivity contribution in [3.63, 3.8) is 0 Å². The van der Waals surface area contributed by atoms with Gasteiger partial charge in [0.25, 0.3) is 0 Å². The average Bonchev–Trinajstić information content (AvgIpc) is 2.88. The number of rotatable bonds is 7. The zero-order valence-electron chi connectivity index (χ0n) is 12.5. The molecule has 6 nitrogen and oxygen atoms in total. The minimum Gasteiger partial charge on any atom is -0.492 e. The van der Waals surface area contributed by atoms with Crippen molar-refractivity contribution in [1.29, 1.82) is 0 Å². The molecule has 0 saturated carbocycles. The van der Waals surface area contributed by atoms with E-state index in [1.807, 2.05) is 25.2 Å². The minimum absolute atomic E-state index is 0.440. The summed E-state index contributed by atoms with van der Waals surface area (Å²) in [5.74, 6) is 0.793. The molecule has 1 aliphatic rings. The summed E-state index contributed by atoms with van der Waals surface area (Å²) in [6, 6.07) is 5.79. The van der Waals surface area contributed by atoms with Gasteiger partial charge in [0.15, 0.2) is 0 Å². The van der Waals surface area contributed by atoms with Gasteiger partial charge in [0.2, 0.25) is 0 Å². The topological polar surface area (TPSA) is 62.2 Å². The van der Waals surface area contributed by atoms with Crippen molar-refractivity contribution in [3.05, 3.63) is 29.3 Å². The van der Waals surface area contributed by atoms with Crippen LogP contribution < -0.4 is 4.74 Å². The van der Waals surface area contributed by atoms with E-state index in [1.165, 1.54) is 4.90 Å². The van der Waals surface area contributed by atoms with E-state index >= 15 is 0 Å². The molecule has 0 saturated heterocycles. The first-order valence-electron chi connectivity index (χ1n) is 7.00. The van der Waals surface area contributed by atoms with Gasteiger partial charge in [-0.25, -0.2) is 4.79 Å². The fourth-order valence-corrected chi connectivity index (χ4v) is 2.27. The Kier molecular flexibility index (Phi) is 5.41. The number of hydrogen-bond acceptors (Lipinski definition) is 4. The molecule has 1 aromatic carbocycles. The van der Waals surface area contributed by atoms with Gasteiger partial charge in [-0.3, -0.25) is 4.90 Å². The van der Waals surface area contributed by atoms with Crippen LogP contribution in [0.3, 0.4) is 0 Å². The van der Waals surface area contributed by atoms with Gasteiger partial charge in [-0.2, -0.15) is 0 Å². The molecule has 1 heterocycles. The van der Waals surface area contributed by atoms with E-state index in [4.69, 9.17) is 14.6 Å². The molecule has 1 N–H and O–H groups in total. The summed E-state index contributed by atoms with van der Waals surface area (Å²) in [5, 5.41) is 9.01. The highest BCUT2D eigenvalue weighted by Crippen LogP contribution is 2.26. The van der Waals surface area contributed by atoms with Gasteiger partial charge in [0.1, 0.15) is 12.4 Å². The zero-order valence-corrected chi connectivity index (χ0v) is 12.5. The summed E-state index contributed by atoms with van der Waals surface area (Å²) in [6.07, 6.45) is -0.881. The Morgan fingerprint density at radius 3 is 2.71 bits per heavy atom. The highest BCUT2D eigenvalue weighted by atomic mass is 16.5. The number of amides is 1. The van der Waals surface area contributed by atoms with Gasteiger partial charge in [0, 0.05) is 33.3 Å². The maximum atomic E-state index is 11.0. The number of hydrogen-bond donors (Lipinski definition) is 1. The van der Waals surface area contributed by atoms with Crippen molar-refractivity contribution in [2.45, 2.75) is 13.1 Å². The lowest BCUT2D eigenvalue weighted by Crippen LogP contribution is -2.27. The summed E-state index contributed by atoms with van der Waals surface area (Å²) in [4.78, 5) is 14.5. The van der Waals surface area contributed by atoms with Crippen LogP contribution >= 0.6 is 0 Å². The fraction of sp³-hybridized carbons (Fsp3) is 0.533. The number of benzene rings is 1. The molecule has 0 aromatic heterocycles. The van der Waals surface area contributed by atoms with Crippen molar-refractivity contribution in [3.8, 4) is 5.75 Å². The minimum atomic E-state index is -0.881. The van der Waals surface area contributed by atoms with E-state index < -0.39 is 6.09 Å². The Labute approximate surface area is 124 Å². The van der Waals surface area contributed by atoms with E-state index in [-0.39, 0.29) is 0 Å². The second-order valence-electron chi connectivity index (χ2n) is 5.21. The molecule has 2 rings (SSSR count). The van der Waals surface area contributed by atoms with Crippen LogP contribution in [0.25, 0.3) is 0 Å². The number of carbonyl (C=O) groups is 1. The first-order valence-corrected chi connectivity index (χ1v) is 7.00. The van der Waals surface area contributed by atoms with E-state index in [0.717, 1.165) is 30.0 Å². The molecule has 6 heteroatoms. The van der Waals surface area contributed by atoms with Crippen LogP contribution in [-0.4, -0.2) is 61.5 Å². The van der Waals surface area contributed by atoms with Crippen molar-refractivity contribution in [2.75, 3.05) is 40.5 Å². The average molecular weight is 294 g/mol. The van der Waals surface area contributed by atoms with Crippen molar-refractivity contribution >= 4 is 6.09 Å². The van der Waals surface area contributed by atoms with Gasteiger partial charge in [0.05, 0.1) is 6.61 Å². The lowest BCUT2D eigenvalue weighted by molar-refractivity contribution is 0.145. The lowest BCUT2D eigenvalue weighted by Gasteiger charge is -2.16. The highest BCUT2D eigenvalue weighted by molar-refractivity contribution is 5.66. The molecule has 0 spiro atoms. The maximum Gasteiger partial charge on any atom is 0.407 e. The standard InChI is InChI=1S/C15H22N2O4/c1-16(5-7-20-2)6-8-21-14-4-3-12-10-17(15(18)19)11-13(12)9-14/h3-4,9H,5-8,10-11H2,1-2H3,(H,18,19). The second kappa shape index (κ2) is 7.28. The van der Waals surface area contributed by atoms with Crippen LogP contribution in [0.1, 0.15) is 11.1 Å². The quantitative estimate of drug-likeness (QED) is 0.828. The van der Waals surface area contributed by atoms with Crippen molar-refractivity contribution in [2.24, 2.45) is 0 Å². The van der Waals surface area contributed by atoms with E-state index in [1.54, 1.807) is 7.11 Å². The van der Waals surface area contributed by atoms with Gasteiger partial charge in [-0.1, -0.05) is 6.07 Å². The van der Waals surface area contributed by atoms with Crippen molar-refractivity contribution in [1.82, 2.24) is 9.80 Å². The third-order valence-electron chi connectivity index (χ3n) is 3.59. The number of ether oxygens (including phenoxy) is 2. The first kappa shape index (κ1) is 15.6. The molecule has 0 bridgehead atoms. The molecule has 116 valence electrons. The SMILES string of the molecule is COCCN(C)CCOc1ccc2c(c1)CN(C(=O)O)C2. The first-order chi connectivity index (χ1) is 10.1. The largest absolute Gasteiger partial charge is 0.492 e. The van der Waals surface area contributed by atoms with Gasteiger partial charge in [-0.15, -0.1) is 0 Å². The Morgan fingerprint density at radius 2 is 2.00 bits per heavy atom. The molecule has 0 fully saturated rings. The molecule has 0 unspecified atom stereocenters. The second-order valence-corrected chi connectivity index (χ2v) is 5.21. The third kappa shape index (κ3) is 4.34. The molecule has 21 heavy (non-hydrogen) atoms. The highest BCUT2D eigenvalue weighted by Gasteiger charge is 2.22. The molecule has 1 aromatic rings. The predicted octanol–water partition coefficient (Wildman–Crippen LogP) is 1.64. The van der Waals surface area contributed by atoms with Gasteiger partial charge < -0.3 is 19.5 Å².